The fourth-order valence-corrected chi connectivity index (χ4v) is 5.40. The van der Waals surface area contributed by atoms with Crippen LogP contribution in [0.4, 0.5) is 0 Å². The fraction of sp³-hybridized carbons (Fsp3) is 0.529. The van der Waals surface area contributed by atoms with E-state index in [1.807, 2.05) is 30.3 Å². The Kier molecular flexibility index (Phi) is 7.09. The van der Waals surface area contributed by atoms with Gasteiger partial charge in [-0.2, -0.15) is 0 Å². The van der Waals surface area contributed by atoms with E-state index in [0.717, 1.165) is 36.4 Å². The number of carboxylic acid groups (broad SMARTS) is 1. The van der Waals surface area contributed by atoms with Crippen LogP contribution in [0.5, 0.6) is 0 Å². The van der Waals surface area contributed by atoms with E-state index in [1.165, 1.54) is 18.2 Å². The summed E-state index contributed by atoms with van der Waals surface area (Å²) in [6.07, 6.45) is 5.39. The van der Waals surface area contributed by atoms with Gasteiger partial charge in [-0.15, -0.1) is 0 Å². The van der Waals surface area contributed by atoms with Crippen LogP contribution in [0, 0.1) is 5.92 Å². The van der Waals surface area contributed by atoms with Crippen molar-refractivity contribution in [3.8, 4) is 0 Å². The van der Waals surface area contributed by atoms with Gasteiger partial charge in [0.1, 0.15) is 5.80 Å². The smallest absolute Gasteiger partial charge is 0.343 e. The van der Waals surface area contributed by atoms with Crippen LogP contribution in [0.15, 0.2) is 35.2 Å². The summed E-state index contributed by atoms with van der Waals surface area (Å²) in [4.78, 5) is 24.7. The molecule has 1 fully saturated rings. The first-order valence-electron chi connectivity index (χ1n) is 7.93. The maximum Gasteiger partial charge on any atom is 0.343 e. The highest BCUT2D eigenvalue weighted by molar-refractivity contribution is 8.04. The molecule has 0 aliphatic heterocycles. The van der Waals surface area contributed by atoms with E-state index in [1.54, 1.807) is 0 Å². The van der Waals surface area contributed by atoms with Crippen molar-refractivity contribution in [2.75, 3.05) is 5.49 Å². The molecular formula is C17H23O4PS. The summed E-state index contributed by atoms with van der Waals surface area (Å²) >= 11 is 1.41. The minimum absolute atomic E-state index is 0.166. The number of hydrogen-bond acceptors (Lipinski definition) is 4. The molecule has 1 aliphatic rings. The van der Waals surface area contributed by atoms with Crippen LogP contribution < -0.4 is 4.89 Å². The maximum absolute atomic E-state index is 12.2. The lowest BCUT2D eigenvalue weighted by Crippen LogP contribution is -2.42. The zero-order valence-electron chi connectivity index (χ0n) is 13.1. The van der Waals surface area contributed by atoms with Crippen LogP contribution in [0.25, 0.3) is 0 Å². The molecule has 2 atom stereocenters. The molecule has 6 heteroatoms. The first-order chi connectivity index (χ1) is 11.0. The third-order valence-corrected chi connectivity index (χ3v) is 7.01. The van der Waals surface area contributed by atoms with E-state index in [4.69, 9.17) is 0 Å². The van der Waals surface area contributed by atoms with Crippen molar-refractivity contribution in [1.82, 2.24) is 0 Å². The Hall–Kier alpha value is -0.870. The lowest BCUT2D eigenvalue weighted by Gasteiger charge is -2.27. The number of aliphatic carboxylic acids is 1. The SMILES string of the molecule is O=C(O)C(O)(C=[P+]([O-])CSc1ccccc1)CC1CCCCC1. The molecule has 1 aromatic rings. The summed E-state index contributed by atoms with van der Waals surface area (Å²) in [5, 5.41) is 19.8. The second kappa shape index (κ2) is 8.84. The fourth-order valence-electron chi connectivity index (χ4n) is 2.96. The number of aliphatic hydroxyl groups is 1. The quantitative estimate of drug-likeness (QED) is 0.581. The molecule has 4 nitrogen and oxygen atoms in total. The lowest BCUT2D eigenvalue weighted by molar-refractivity contribution is -0.156. The van der Waals surface area contributed by atoms with Gasteiger partial charge in [-0.3, -0.25) is 0 Å². The Balaban J connectivity index is 1.99. The molecule has 0 spiro atoms. The third-order valence-electron chi connectivity index (χ3n) is 4.15. The summed E-state index contributed by atoms with van der Waals surface area (Å²) < 4.78 is 0. The predicted molar refractivity (Wildman–Crippen MR) is 93.9 cm³/mol. The summed E-state index contributed by atoms with van der Waals surface area (Å²) in [6, 6.07) is 9.54. The largest absolute Gasteiger partial charge is 0.630 e. The van der Waals surface area contributed by atoms with Crippen molar-refractivity contribution in [1.29, 1.82) is 0 Å². The van der Waals surface area contributed by atoms with Gasteiger partial charge >= 0.3 is 5.97 Å². The number of hydrogen-bond donors (Lipinski definition) is 2. The van der Waals surface area contributed by atoms with Crippen LogP contribution in [0.2, 0.25) is 0 Å². The molecular weight excluding hydrogens is 331 g/mol. The number of carboxylic acids is 1. The molecule has 1 saturated carbocycles. The second-order valence-corrected chi connectivity index (χ2v) is 8.96. The molecule has 0 heterocycles. The average Bonchev–Trinajstić information content (AvgIpc) is 2.54. The summed E-state index contributed by atoms with van der Waals surface area (Å²) in [6.45, 7) is 0. The molecule has 23 heavy (non-hydrogen) atoms. The minimum Gasteiger partial charge on any atom is -0.630 e. The zero-order chi connectivity index (χ0) is 16.7. The van der Waals surface area contributed by atoms with Gasteiger partial charge in [0.2, 0.25) is 5.60 Å². The van der Waals surface area contributed by atoms with Crippen LogP contribution in [-0.4, -0.2) is 33.1 Å². The Labute approximate surface area is 142 Å². The molecule has 0 aromatic heterocycles. The van der Waals surface area contributed by atoms with Crippen molar-refractivity contribution in [3.05, 3.63) is 30.3 Å². The van der Waals surface area contributed by atoms with Gasteiger partial charge in [-0.05, 0) is 24.5 Å². The molecule has 2 unspecified atom stereocenters. The van der Waals surface area contributed by atoms with Gasteiger partial charge in [0.05, 0.1) is 7.77 Å². The van der Waals surface area contributed by atoms with E-state index < -0.39 is 19.3 Å². The van der Waals surface area contributed by atoms with E-state index in [0.29, 0.717) is 0 Å². The van der Waals surface area contributed by atoms with E-state index >= 15 is 0 Å². The average molecular weight is 354 g/mol. The zero-order valence-corrected chi connectivity index (χ0v) is 14.8. The number of carbonyl (C=O) groups is 1. The molecule has 126 valence electrons. The highest BCUT2D eigenvalue weighted by Gasteiger charge is 2.39. The van der Waals surface area contributed by atoms with Gasteiger partial charge in [0, 0.05) is 4.90 Å². The van der Waals surface area contributed by atoms with E-state index in [9.17, 15) is 19.9 Å². The molecule has 1 aliphatic carbocycles. The van der Waals surface area contributed by atoms with Crippen molar-refractivity contribution in [3.63, 3.8) is 0 Å². The van der Waals surface area contributed by atoms with E-state index in [2.05, 4.69) is 0 Å². The van der Waals surface area contributed by atoms with Crippen LogP contribution in [-0.2, 0) is 4.79 Å². The second-order valence-electron chi connectivity index (χ2n) is 6.07. The Morgan fingerprint density at radius 3 is 2.57 bits per heavy atom. The predicted octanol–water partition coefficient (Wildman–Crippen LogP) is 3.08. The van der Waals surface area contributed by atoms with Crippen LogP contribution in [0.1, 0.15) is 38.5 Å². The van der Waals surface area contributed by atoms with Crippen LogP contribution in [0.3, 0.4) is 0 Å². The first kappa shape index (κ1) is 18.5. The molecule has 1 aromatic carbocycles. The lowest BCUT2D eigenvalue weighted by atomic mass is 9.81. The number of rotatable bonds is 7. The van der Waals surface area contributed by atoms with Gasteiger partial charge in [0.15, 0.2) is 5.49 Å². The Bertz CT molecular complexity index is 543. The molecule has 2 rings (SSSR count). The summed E-state index contributed by atoms with van der Waals surface area (Å²) in [5.74, 6) is 0.0530. The van der Waals surface area contributed by atoms with Gasteiger partial charge in [0.25, 0.3) is 0 Å². The molecule has 0 amide bonds. The monoisotopic (exact) mass is 354 g/mol. The first-order valence-corrected chi connectivity index (χ1v) is 10.4. The van der Waals surface area contributed by atoms with Crippen molar-refractivity contribution in [2.45, 2.75) is 49.0 Å². The highest BCUT2D eigenvalue weighted by Crippen LogP contribution is 2.33. The number of benzene rings is 1. The number of thioether (sulfide) groups is 1. The minimum atomic E-state index is -1.98. The normalized spacial score (nSPS) is 19.3. The Morgan fingerprint density at radius 2 is 1.96 bits per heavy atom. The van der Waals surface area contributed by atoms with Crippen LogP contribution >= 0.6 is 19.5 Å². The van der Waals surface area contributed by atoms with Crippen molar-refractivity contribution in [2.24, 2.45) is 5.92 Å². The van der Waals surface area contributed by atoms with Gasteiger partial charge < -0.3 is 15.1 Å². The van der Waals surface area contributed by atoms with Crippen molar-refractivity contribution >= 4 is 31.3 Å². The Morgan fingerprint density at radius 1 is 1.30 bits per heavy atom. The molecule has 2 N–H and O–H groups in total. The van der Waals surface area contributed by atoms with Gasteiger partial charge in [-0.1, -0.05) is 62.1 Å². The molecule has 0 radical (unpaired) electrons. The van der Waals surface area contributed by atoms with E-state index in [-0.39, 0.29) is 17.8 Å². The standard InChI is InChI=1S/C17H23O4PS/c18-16(19)17(20,11-14-7-3-1-4-8-14)12-22(21)13-23-15-9-5-2-6-10-15/h2,5-6,9-10,12,14,20H,1,3-4,7-8,11,13H2,(H,18,19). The topological polar surface area (TPSA) is 80.6 Å². The molecule has 0 saturated heterocycles. The van der Waals surface area contributed by atoms with Crippen molar-refractivity contribution < 1.29 is 19.9 Å². The maximum atomic E-state index is 12.2. The van der Waals surface area contributed by atoms with Gasteiger partial charge in [-0.25, -0.2) is 4.79 Å². The summed E-state index contributed by atoms with van der Waals surface area (Å²) in [5.41, 5.74) is -1.70. The third kappa shape index (κ3) is 5.92. The summed E-state index contributed by atoms with van der Waals surface area (Å²) in [7, 11) is -1.89. The molecule has 0 bridgehead atoms. The highest BCUT2D eigenvalue weighted by atomic mass is 32.2.